The van der Waals surface area contributed by atoms with E-state index in [4.69, 9.17) is 11.6 Å². The lowest BCUT2D eigenvalue weighted by atomic mass is 9.92. The fourth-order valence-corrected chi connectivity index (χ4v) is 4.08. The van der Waals surface area contributed by atoms with Crippen LogP contribution in [0.15, 0.2) is 45.4 Å². The van der Waals surface area contributed by atoms with E-state index in [0.29, 0.717) is 44.3 Å². The van der Waals surface area contributed by atoms with Gasteiger partial charge in [0.2, 0.25) is 0 Å². The Morgan fingerprint density at radius 1 is 0.970 bits per heavy atom. The second-order valence-electron chi connectivity index (χ2n) is 9.13. The summed E-state index contributed by atoms with van der Waals surface area (Å²) in [6, 6.07) is 8.73. The van der Waals surface area contributed by atoms with Crippen LogP contribution in [0.3, 0.4) is 0 Å². The molecule has 0 atom stereocenters. The molecule has 0 aliphatic heterocycles. The summed E-state index contributed by atoms with van der Waals surface area (Å²) in [5.41, 5.74) is 2.26. The molecule has 170 valence electrons. The SMILES string of the molecule is [2H]C([2H])(c1nc2ccc3c4ccc(C)c(-c5ccnc(C(F)(F)F)[n+]5C)c4oc3c2o1)C(C)(C)C. The van der Waals surface area contributed by atoms with Crippen LogP contribution in [0, 0.1) is 12.3 Å². The molecule has 0 aliphatic rings. The zero-order valence-corrected chi connectivity index (χ0v) is 18.8. The topological polar surface area (TPSA) is 55.9 Å². The second kappa shape index (κ2) is 7.04. The van der Waals surface area contributed by atoms with Gasteiger partial charge in [-0.3, -0.25) is 0 Å². The van der Waals surface area contributed by atoms with Crippen LogP contribution in [-0.2, 0) is 19.6 Å². The molecule has 0 aliphatic carbocycles. The number of furan rings is 1. The lowest BCUT2D eigenvalue weighted by molar-refractivity contribution is -0.684. The first kappa shape index (κ1) is 19.1. The molecular formula is C25H23F3N3O2+. The molecule has 0 N–H and O–H groups in total. The normalized spacial score (nSPS) is 14.3. The van der Waals surface area contributed by atoms with Gasteiger partial charge in [-0.1, -0.05) is 32.9 Å². The summed E-state index contributed by atoms with van der Waals surface area (Å²) >= 11 is 0. The number of alkyl halides is 3. The van der Waals surface area contributed by atoms with Crippen molar-refractivity contribution in [2.45, 2.75) is 40.2 Å². The van der Waals surface area contributed by atoms with E-state index in [0.717, 1.165) is 16.3 Å². The zero-order chi connectivity index (χ0) is 25.5. The smallest absolute Gasteiger partial charge is 0.451 e. The maximum atomic E-state index is 13.5. The van der Waals surface area contributed by atoms with Gasteiger partial charge < -0.3 is 8.83 Å². The van der Waals surface area contributed by atoms with E-state index in [2.05, 4.69) is 9.97 Å². The molecule has 0 fully saturated rings. The van der Waals surface area contributed by atoms with Crippen molar-refractivity contribution in [2.24, 2.45) is 12.5 Å². The Morgan fingerprint density at radius 3 is 2.36 bits per heavy atom. The van der Waals surface area contributed by atoms with E-state index >= 15 is 0 Å². The number of aromatic nitrogens is 3. The molecular weight excluding hydrogens is 431 g/mol. The molecule has 3 heterocycles. The van der Waals surface area contributed by atoms with Crippen molar-refractivity contribution in [3.05, 3.63) is 53.8 Å². The first-order valence-electron chi connectivity index (χ1n) is 11.4. The predicted octanol–water partition coefficient (Wildman–Crippen LogP) is 6.53. The second-order valence-corrected chi connectivity index (χ2v) is 9.13. The molecule has 0 amide bonds. The quantitative estimate of drug-likeness (QED) is 0.284. The van der Waals surface area contributed by atoms with E-state index in [1.54, 1.807) is 39.8 Å². The molecule has 8 heteroatoms. The number of nitrogens with zero attached hydrogens (tertiary/aromatic N) is 3. The van der Waals surface area contributed by atoms with Crippen molar-refractivity contribution in [2.75, 3.05) is 0 Å². The maximum absolute atomic E-state index is 13.5. The highest BCUT2D eigenvalue weighted by Gasteiger charge is 2.44. The van der Waals surface area contributed by atoms with Gasteiger partial charge in [0.25, 0.3) is 0 Å². The summed E-state index contributed by atoms with van der Waals surface area (Å²) < 4.78 is 70.8. The summed E-state index contributed by atoms with van der Waals surface area (Å²) in [5.74, 6) is -1.08. The Kier molecular flexibility index (Phi) is 4.07. The molecule has 5 aromatic rings. The number of hydrogen-bond acceptors (Lipinski definition) is 4. The van der Waals surface area contributed by atoms with Gasteiger partial charge in [-0.2, -0.15) is 13.2 Å². The number of aryl methyl sites for hydroxylation is 1. The molecule has 3 aromatic heterocycles. The number of rotatable bonds is 2. The fourth-order valence-electron chi connectivity index (χ4n) is 4.08. The third kappa shape index (κ3) is 3.53. The van der Waals surface area contributed by atoms with Gasteiger partial charge in [-0.25, -0.2) is 9.55 Å². The van der Waals surface area contributed by atoms with Gasteiger partial charge >= 0.3 is 12.0 Å². The first-order chi connectivity index (χ1) is 16.2. The van der Waals surface area contributed by atoms with E-state index < -0.39 is 23.8 Å². The van der Waals surface area contributed by atoms with Crippen LogP contribution >= 0.6 is 0 Å². The monoisotopic (exact) mass is 456 g/mol. The van der Waals surface area contributed by atoms with Crippen LogP contribution in [0.25, 0.3) is 44.3 Å². The molecule has 0 saturated carbocycles. The number of benzene rings is 2. The average molecular weight is 456 g/mol. The summed E-state index contributed by atoms with van der Waals surface area (Å²) in [4.78, 5) is 7.91. The first-order valence-corrected chi connectivity index (χ1v) is 10.4. The third-order valence-electron chi connectivity index (χ3n) is 5.47. The minimum atomic E-state index is -4.62. The van der Waals surface area contributed by atoms with Crippen molar-refractivity contribution in [3.8, 4) is 11.3 Å². The van der Waals surface area contributed by atoms with Crippen LogP contribution in [0.4, 0.5) is 13.2 Å². The maximum Gasteiger partial charge on any atom is 0.499 e. The molecule has 2 aromatic carbocycles. The van der Waals surface area contributed by atoms with Crippen LogP contribution in [0.5, 0.6) is 0 Å². The van der Waals surface area contributed by atoms with E-state index in [9.17, 15) is 13.2 Å². The van der Waals surface area contributed by atoms with Gasteiger partial charge in [0.05, 0.1) is 12.6 Å². The minimum absolute atomic E-state index is 0.0558. The molecule has 5 nitrogen and oxygen atoms in total. The van der Waals surface area contributed by atoms with Gasteiger partial charge in [0.15, 0.2) is 17.1 Å². The molecule has 0 saturated heterocycles. The lowest BCUT2D eigenvalue weighted by Crippen LogP contribution is -2.41. The summed E-state index contributed by atoms with van der Waals surface area (Å²) in [7, 11) is 1.32. The molecule has 0 unspecified atom stereocenters. The van der Waals surface area contributed by atoms with Gasteiger partial charge in [0, 0.05) is 26.0 Å². The molecule has 33 heavy (non-hydrogen) atoms. The molecule has 0 radical (unpaired) electrons. The molecule has 0 spiro atoms. The largest absolute Gasteiger partial charge is 0.499 e. The fraction of sp³-hybridized carbons (Fsp3) is 0.320. The van der Waals surface area contributed by atoms with Gasteiger partial charge in [0.1, 0.15) is 23.0 Å². The summed E-state index contributed by atoms with van der Waals surface area (Å²) in [6.07, 6.45) is -5.33. The highest BCUT2D eigenvalue weighted by molar-refractivity contribution is 6.15. The van der Waals surface area contributed by atoms with E-state index in [1.807, 2.05) is 12.1 Å². The lowest BCUT2D eigenvalue weighted by Gasteiger charge is -2.14. The Balaban J connectivity index is 1.82. The van der Waals surface area contributed by atoms with Crippen molar-refractivity contribution >= 4 is 33.0 Å². The number of halogens is 3. The Labute approximate surface area is 190 Å². The highest BCUT2D eigenvalue weighted by Crippen LogP contribution is 2.40. The van der Waals surface area contributed by atoms with Gasteiger partial charge in [-0.15, -0.1) is 0 Å². The average Bonchev–Trinajstić information content (AvgIpc) is 3.34. The van der Waals surface area contributed by atoms with Crippen molar-refractivity contribution in [1.82, 2.24) is 9.97 Å². The van der Waals surface area contributed by atoms with E-state index in [1.165, 1.54) is 13.1 Å². The van der Waals surface area contributed by atoms with Crippen LogP contribution in [-0.4, -0.2) is 9.97 Å². The summed E-state index contributed by atoms with van der Waals surface area (Å²) in [6.45, 7) is 7.09. The standard InChI is InChI=1S/C25H23F3N3O2/c1-13-6-7-14-15-8-9-16-22(32-18(30-16)12-24(2,3)4)21(15)33-20(14)19(13)17-10-11-29-23(31(17)5)25(26,27)28/h6-11H,12H2,1-5H3/q+1/i12D2. The van der Waals surface area contributed by atoms with Crippen LogP contribution < -0.4 is 4.57 Å². The summed E-state index contributed by atoms with van der Waals surface area (Å²) in [5, 5.41) is 1.39. The van der Waals surface area contributed by atoms with Crippen LogP contribution in [0.1, 0.15) is 40.8 Å². The number of hydrogen-bond donors (Lipinski definition) is 0. The Morgan fingerprint density at radius 2 is 1.67 bits per heavy atom. The Bertz CT molecular complexity index is 1630. The van der Waals surface area contributed by atoms with Crippen LogP contribution in [0.2, 0.25) is 0 Å². The van der Waals surface area contributed by atoms with E-state index in [-0.39, 0.29) is 5.89 Å². The third-order valence-corrected chi connectivity index (χ3v) is 5.47. The van der Waals surface area contributed by atoms with Crippen molar-refractivity contribution in [1.29, 1.82) is 0 Å². The van der Waals surface area contributed by atoms with Gasteiger partial charge in [-0.05, 0) is 35.0 Å². The molecule has 0 bridgehead atoms. The zero-order valence-electron chi connectivity index (χ0n) is 20.8. The number of fused-ring (bicyclic) bond motifs is 5. The predicted molar refractivity (Wildman–Crippen MR) is 119 cm³/mol. The van der Waals surface area contributed by atoms with Crippen molar-refractivity contribution < 1.29 is 29.3 Å². The minimum Gasteiger partial charge on any atom is -0.451 e. The highest BCUT2D eigenvalue weighted by atomic mass is 19.4. The molecule has 5 rings (SSSR count). The Hall–Kier alpha value is -3.42. The van der Waals surface area contributed by atoms with Crippen molar-refractivity contribution in [3.63, 3.8) is 0 Å². The number of oxazole rings is 1.